The highest BCUT2D eigenvalue weighted by molar-refractivity contribution is 5.77. The fraction of sp³-hybridized carbons (Fsp3) is 0.348. The number of hydrogen-bond donors (Lipinski definition) is 2. The molecule has 176 valence electrons. The van der Waals surface area contributed by atoms with Crippen molar-refractivity contribution in [3.8, 4) is 0 Å². The van der Waals surface area contributed by atoms with Gasteiger partial charge < -0.3 is 25.0 Å². The number of benzene rings is 2. The third-order valence-electron chi connectivity index (χ3n) is 5.39. The first-order valence-corrected chi connectivity index (χ1v) is 10.5. The molecule has 3 amide bonds. The van der Waals surface area contributed by atoms with Crippen LogP contribution in [-0.4, -0.2) is 59.2 Å². The van der Waals surface area contributed by atoms with Crippen LogP contribution in [0.2, 0.25) is 0 Å². The van der Waals surface area contributed by atoms with Crippen molar-refractivity contribution in [2.24, 2.45) is 0 Å². The van der Waals surface area contributed by atoms with Crippen molar-refractivity contribution < 1.29 is 33.0 Å². The molecule has 1 atom stereocenters. The van der Waals surface area contributed by atoms with Crippen LogP contribution in [0.3, 0.4) is 0 Å². The molecule has 1 unspecified atom stereocenters. The number of nitrogens with zero attached hydrogens (tertiary/aromatic N) is 2. The second-order valence-electron chi connectivity index (χ2n) is 7.62. The minimum Gasteiger partial charge on any atom is -0.465 e. The summed E-state index contributed by atoms with van der Waals surface area (Å²) in [6.45, 7) is 1.45. The number of carbonyl (C=O) groups excluding carboxylic acids is 2. The van der Waals surface area contributed by atoms with Gasteiger partial charge in [0.1, 0.15) is 6.61 Å². The highest BCUT2D eigenvalue weighted by atomic mass is 19.2. The number of ether oxygens (including phenoxy) is 1. The number of carboxylic acid groups (broad SMARTS) is 1. The maximum absolute atomic E-state index is 13.6. The van der Waals surface area contributed by atoms with E-state index in [1.165, 1.54) is 11.0 Å². The van der Waals surface area contributed by atoms with Gasteiger partial charge in [0.05, 0.1) is 6.04 Å². The van der Waals surface area contributed by atoms with Crippen LogP contribution in [0.15, 0.2) is 48.5 Å². The molecular formula is C23H25F2N3O5. The summed E-state index contributed by atoms with van der Waals surface area (Å²) in [4.78, 5) is 39.1. The van der Waals surface area contributed by atoms with E-state index < -0.39 is 29.9 Å². The SMILES string of the molecule is O=C(O)NC(CCC(=O)N1CCN(C(=O)OCc2ccccc2)CC1)c1ccc(F)c(F)c1. The molecule has 0 bridgehead atoms. The molecule has 1 saturated heterocycles. The Balaban J connectivity index is 1.47. The van der Waals surface area contributed by atoms with Gasteiger partial charge in [-0.25, -0.2) is 18.4 Å². The minimum absolute atomic E-state index is 0.00238. The van der Waals surface area contributed by atoms with E-state index in [0.717, 1.165) is 17.7 Å². The van der Waals surface area contributed by atoms with Gasteiger partial charge in [0.15, 0.2) is 11.6 Å². The molecule has 1 fully saturated rings. The molecule has 0 saturated carbocycles. The van der Waals surface area contributed by atoms with Crippen molar-refractivity contribution in [2.75, 3.05) is 26.2 Å². The van der Waals surface area contributed by atoms with Gasteiger partial charge in [0, 0.05) is 32.6 Å². The maximum atomic E-state index is 13.6. The average molecular weight is 461 g/mol. The van der Waals surface area contributed by atoms with Crippen LogP contribution in [-0.2, 0) is 16.1 Å². The first-order chi connectivity index (χ1) is 15.8. The highest BCUT2D eigenvalue weighted by Gasteiger charge is 2.26. The number of hydrogen-bond acceptors (Lipinski definition) is 4. The molecule has 1 aliphatic heterocycles. The molecule has 1 aliphatic rings. The standard InChI is InChI=1S/C23H25F2N3O5/c24-18-7-6-17(14-19(18)25)20(26-22(30)31)8-9-21(29)27-10-12-28(13-11-27)23(32)33-15-16-4-2-1-3-5-16/h1-7,14,20,26H,8-13,15H2,(H,30,31). The van der Waals surface area contributed by atoms with Crippen molar-refractivity contribution in [1.82, 2.24) is 15.1 Å². The van der Waals surface area contributed by atoms with Crippen LogP contribution in [0.5, 0.6) is 0 Å². The van der Waals surface area contributed by atoms with Crippen LogP contribution in [0.4, 0.5) is 18.4 Å². The van der Waals surface area contributed by atoms with E-state index in [0.29, 0.717) is 26.2 Å². The molecule has 0 aliphatic carbocycles. The Morgan fingerprint density at radius 2 is 1.64 bits per heavy atom. The van der Waals surface area contributed by atoms with Crippen LogP contribution < -0.4 is 5.32 Å². The van der Waals surface area contributed by atoms with Crippen LogP contribution >= 0.6 is 0 Å². The minimum atomic E-state index is -1.33. The largest absolute Gasteiger partial charge is 0.465 e. The van der Waals surface area contributed by atoms with E-state index >= 15 is 0 Å². The summed E-state index contributed by atoms with van der Waals surface area (Å²) < 4.78 is 32.1. The lowest BCUT2D eigenvalue weighted by atomic mass is 10.0. The molecule has 0 radical (unpaired) electrons. The maximum Gasteiger partial charge on any atom is 0.410 e. The Morgan fingerprint density at radius 3 is 2.27 bits per heavy atom. The molecule has 2 aromatic rings. The first kappa shape index (κ1) is 24.0. The summed E-state index contributed by atoms with van der Waals surface area (Å²) in [7, 11) is 0. The van der Waals surface area contributed by atoms with E-state index in [1.54, 1.807) is 4.90 Å². The lowest BCUT2D eigenvalue weighted by Crippen LogP contribution is -2.50. The monoisotopic (exact) mass is 461 g/mol. The average Bonchev–Trinajstić information content (AvgIpc) is 2.82. The van der Waals surface area contributed by atoms with Crippen molar-refractivity contribution in [3.05, 3.63) is 71.3 Å². The topological polar surface area (TPSA) is 99.2 Å². The Bertz CT molecular complexity index is 981. The Hall–Kier alpha value is -3.69. The molecule has 33 heavy (non-hydrogen) atoms. The summed E-state index contributed by atoms with van der Waals surface area (Å²) in [5.41, 5.74) is 1.11. The number of halogens is 2. The second kappa shape index (κ2) is 11.3. The molecule has 1 heterocycles. The second-order valence-corrected chi connectivity index (χ2v) is 7.62. The summed E-state index contributed by atoms with van der Waals surface area (Å²) in [6.07, 6.45) is -1.70. The van der Waals surface area contributed by atoms with Gasteiger partial charge in [-0.3, -0.25) is 4.79 Å². The summed E-state index contributed by atoms with van der Waals surface area (Å²) in [6, 6.07) is 11.6. The number of rotatable bonds is 7. The normalized spacial score (nSPS) is 14.5. The third-order valence-corrected chi connectivity index (χ3v) is 5.39. The highest BCUT2D eigenvalue weighted by Crippen LogP contribution is 2.22. The van der Waals surface area contributed by atoms with Gasteiger partial charge in [-0.2, -0.15) is 0 Å². The quantitative estimate of drug-likeness (QED) is 0.657. The Morgan fingerprint density at radius 1 is 0.970 bits per heavy atom. The van der Waals surface area contributed by atoms with Crippen molar-refractivity contribution >= 4 is 18.1 Å². The summed E-state index contributed by atoms with van der Waals surface area (Å²) in [5.74, 6) is -2.34. The van der Waals surface area contributed by atoms with E-state index in [9.17, 15) is 23.2 Å². The number of amides is 3. The first-order valence-electron chi connectivity index (χ1n) is 10.5. The zero-order valence-corrected chi connectivity index (χ0v) is 17.9. The lowest BCUT2D eigenvalue weighted by molar-refractivity contribution is -0.133. The molecule has 2 aromatic carbocycles. The van der Waals surface area contributed by atoms with Crippen molar-refractivity contribution in [2.45, 2.75) is 25.5 Å². The summed E-state index contributed by atoms with van der Waals surface area (Å²) >= 11 is 0. The van der Waals surface area contributed by atoms with Gasteiger partial charge in [-0.15, -0.1) is 0 Å². The number of nitrogens with one attached hydrogen (secondary N) is 1. The molecule has 10 heteroatoms. The van der Waals surface area contributed by atoms with Gasteiger partial charge in [-0.05, 0) is 29.7 Å². The fourth-order valence-electron chi connectivity index (χ4n) is 3.58. The zero-order chi connectivity index (χ0) is 23.8. The molecule has 0 spiro atoms. The fourth-order valence-corrected chi connectivity index (χ4v) is 3.58. The van der Waals surface area contributed by atoms with Crippen LogP contribution in [0.1, 0.15) is 30.0 Å². The molecule has 0 aromatic heterocycles. The van der Waals surface area contributed by atoms with Gasteiger partial charge in [-0.1, -0.05) is 36.4 Å². The molecular weight excluding hydrogens is 436 g/mol. The van der Waals surface area contributed by atoms with Gasteiger partial charge in [0.2, 0.25) is 5.91 Å². The van der Waals surface area contributed by atoms with Gasteiger partial charge >= 0.3 is 12.2 Å². The van der Waals surface area contributed by atoms with E-state index in [4.69, 9.17) is 9.84 Å². The molecule has 8 nitrogen and oxygen atoms in total. The lowest BCUT2D eigenvalue weighted by Gasteiger charge is -2.34. The molecule has 3 rings (SSSR count). The molecule has 2 N–H and O–H groups in total. The Labute approximate surface area is 189 Å². The predicted octanol–water partition coefficient (Wildman–Crippen LogP) is 3.53. The van der Waals surface area contributed by atoms with Crippen molar-refractivity contribution in [1.29, 1.82) is 0 Å². The van der Waals surface area contributed by atoms with E-state index in [2.05, 4.69) is 5.32 Å². The Kier molecular flexibility index (Phi) is 8.17. The zero-order valence-electron chi connectivity index (χ0n) is 17.9. The van der Waals surface area contributed by atoms with E-state index in [-0.39, 0.29) is 30.9 Å². The number of carbonyl (C=O) groups is 3. The van der Waals surface area contributed by atoms with Gasteiger partial charge in [0.25, 0.3) is 0 Å². The van der Waals surface area contributed by atoms with Crippen molar-refractivity contribution in [3.63, 3.8) is 0 Å². The third kappa shape index (κ3) is 6.90. The summed E-state index contributed by atoms with van der Waals surface area (Å²) in [5, 5.41) is 11.3. The predicted molar refractivity (Wildman–Crippen MR) is 114 cm³/mol. The number of piperazine rings is 1. The smallest absolute Gasteiger partial charge is 0.410 e. The van der Waals surface area contributed by atoms with Crippen LogP contribution in [0, 0.1) is 11.6 Å². The van der Waals surface area contributed by atoms with E-state index in [1.807, 2.05) is 30.3 Å². The van der Waals surface area contributed by atoms with Crippen LogP contribution in [0.25, 0.3) is 0 Å².